The van der Waals surface area contributed by atoms with Crippen molar-refractivity contribution < 1.29 is 14.4 Å². The van der Waals surface area contributed by atoms with E-state index in [9.17, 15) is 14.4 Å². The molecule has 142 valence electrons. The number of rotatable bonds is 2. The molecule has 0 aromatic heterocycles. The van der Waals surface area contributed by atoms with Crippen LogP contribution in [0.1, 0.15) is 37.9 Å². The number of imide groups is 1. The van der Waals surface area contributed by atoms with Crippen LogP contribution in [0.3, 0.4) is 0 Å². The zero-order valence-corrected chi connectivity index (χ0v) is 15.5. The molecule has 0 N–H and O–H groups in total. The first-order chi connectivity index (χ1) is 13.6. The molecule has 0 aliphatic carbocycles. The maximum atomic E-state index is 12.9. The topological polar surface area (TPSA) is 60.9 Å². The summed E-state index contributed by atoms with van der Waals surface area (Å²) in [6.45, 7) is 2.84. The summed E-state index contributed by atoms with van der Waals surface area (Å²) in [5.41, 5.74) is 3.39. The minimum Gasteiger partial charge on any atom is -0.338 e. The van der Waals surface area contributed by atoms with Crippen LogP contribution in [0.4, 0.5) is 0 Å². The number of piperazine rings is 1. The third kappa shape index (κ3) is 2.64. The van der Waals surface area contributed by atoms with Crippen molar-refractivity contribution in [2.24, 2.45) is 0 Å². The van der Waals surface area contributed by atoms with Crippen molar-refractivity contribution in [3.8, 4) is 0 Å². The number of carbonyl (C=O) groups is 3. The normalized spacial score (nSPS) is 21.4. The van der Waals surface area contributed by atoms with Gasteiger partial charge in [-0.2, -0.15) is 0 Å². The van der Waals surface area contributed by atoms with E-state index in [2.05, 4.69) is 23.1 Å². The standard InChI is InChI=1S/C22H21N3O3/c26-20(14-25-21(27)17-7-3-4-8-18(17)22(25)28)24-12-11-23-10-9-15-5-1-2-6-16(15)19(23)13-24/h1-8,19H,9-14H2. The molecule has 3 aliphatic heterocycles. The number of nitrogens with zero attached hydrogens (tertiary/aromatic N) is 3. The quantitative estimate of drug-likeness (QED) is 0.750. The third-order valence-corrected chi connectivity index (χ3v) is 6.10. The summed E-state index contributed by atoms with van der Waals surface area (Å²) in [6.07, 6.45) is 1.04. The lowest BCUT2D eigenvalue weighted by Crippen LogP contribution is -2.54. The van der Waals surface area contributed by atoms with E-state index < -0.39 is 0 Å². The monoisotopic (exact) mass is 375 g/mol. The van der Waals surface area contributed by atoms with Crippen LogP contribution in [0.2, 0.25) is 0 Å². The third-order valence-electron chi connectivity index (χ3n) is 6.10. The van der Waals surface area contributed by atoms with E-state index in [1.807, 2.05) is 6.07 Å². The Labute approximate surface area is 163 Å². The minimum atomic E-state index is -0.379. The summed E-state index contributed by atoms with van der Waals surface area (Å²) < 4.78 is 0. The number of hydrogen-bond donors (Lipinski definition) is 0. The molecule has 5 rings (SSSR count). The lowest BCUT2D eigenvalue weighted by Gasteiger charge is -2.45. The minimum absolute atomic E-state index is 0.169. The second kappa shape index (κ2) is 6.56. The van der Waals surface area contributed by atoms with Gasteiger partial charge in [-0.1, -0.05) is 36.4 Å². The summed E-state index contributed by atoms with van der Waals surface area (Å²) in [5, 5.41) is 0. The maximum absolute atomic E-state index is 12.9. The lowest BCUT2D eigenvalue weighted by molar-refractivity contribution is -0.134. The van der Waals surface area contributed by atoms with Crippen LogP contribution in [-0.2, 0) is 11.2 Å². The molecule has 1 unspecified atom stereocenters. The average molecular weight is 375 g/mol. The van der Waals surface area contributed by atoms with Crippen LogP contribution in [0.5, 0.6) is 0 Å². The molecule has 1 fully saturated rings. The molecule has 1 atom stereocenters. The molecule has 0 radical (unpaired) electrons. The number of amides is 3. The first-order valence-electron chi connectivity index (χ1n) is 9.68. The Hall–Kier alpha value is -2.99. The molecule has 0 saturated carbocycles. The van der Waals surface area contributed by atoms with Gasteiger partial charge >= 0.3 is 0 Å². The zero-order chi connectivity index (χ0) is 19.3. The SMILES string of the molecule is O=C(CN1C(=O)c2ccccc2C1=O)N1CCN2CCc3ccccc3C2C1. The Morgan fingerprint density at radius 1 is 0.893 bits per heavy atom. The number of fused-ring (bicyclic) bond motifs is 4. The fraction of sp³-hybridized carbons (Fsp3) is 0.318. The predicted molar refractivity (Wildman–Crippen MR) is 103 cm³/mol. The van der Waals surface area contributed by atoms with Crippen molar-refractivity contribution in [3.63, 3.8) is 0 Å². The van der Waals surface area contributed by atoms with Crippen LogP contribution >= 0.6 is 0 Å². The van der Waals surface area contributed by atoms with Gasteiger partial charge in [0.25, 0.3) is 11.8 Å². The van der Waals surface area contributed by atoms with E-state index in [1.54, 1.807) is 29.2 Å². The van der Waals surface area contributed by atoms with Gasteiger partial charge in [-0.3, -0.25) is 24.2 Å². The van der Waals surface area contributed by atoms with Gasteiger partial charge in [0.15, 0.2) is 0 Å². The van der Waals surface area contributed by atoms with Gasteiger partial charge in [0.05, 0.1) is 17.2 Å². The molecular weight excluding hydrogens is 354 g/mol. The predicted octanol–water partition coefficient (Wildman–Crippen LogP) is 1.72. The second-order valence-electron chi connectivity index (χ2n) is 7.58. The summed E-state index contributed by atoms with van der Waals surface area (Å²) in [6, 6.07) is 15.3. The van der Waals surface area contributed by atoms with Gasteiger partial charge in [-0.05, 0) is 29.7 Å². The molecule has 6 nitrogen and oxygen atoms in total. The van der Waals surface area contributed by atoms with Crippen LogP contribution in [0.15, 0.2) is 48.5 Å². The van der Waals surface area contributed by atoms with E-state index in [1.165, 1.54) is 11.1 Å². The van der Waals surface area contributed by atoms with Crippen molar-refractivity contribution in [2.75, 3.05) is 32.7 Å². The first kappa shape index (κ1) is 17.1. The summed E-state index contributed by atoms with van der Waals surface area (Å²) >= 11 is 0. The molecule has 28 heavy (non-hydrogen) atoms. The Kier molecular flexibility index (Phi) is 4.02. The molecular formula is C22H21N3O3. The highest BCUT2D eigenvalue weighted by Gasteiger charge is 2.39. The molecule has 3 heterocycles. The van der Waals surface area contributed by atoms with Gasteiger partial charge in [-0.25, -0.2) is 0 Å². The fourth-order valence-electron chi connectivity index (χ4n) is 4.58. The van der Waals surface area contributed by atoms with Crippen molar-refractivity contribution >= 4 is 17.7 Å². The Morgan fingerprint density at radius 2 is 1.57 bits per heavy atom. The maximum Gasteiger partial charge on any atom is 0.262 e. The second-order valence-corrected chi connectivity index (χ2v) is 7.58. The summed E-state index contributed by atoms with van der Waals surface area (Å²) in [5.74, 6) is -0.927. The van der Waals surface area contributed by atoms with Gasteiger partial charge in [0.2, 0.25) is 5.91 Å². The van der Waals surface area contributed by atoms with Gasteiger partial charge in [-0.15, -0.1) is 0 Å². The average Bonchev–Trinajstić information content (AvgIpc) is 2.98. The zero-order valence-electron chi connectivity index (χ0n) is 15.5. The number of benzene rings is 2. The van der Waals surface area contributed by atoms with Gasteiger partial charge < -0.3 is 4.90 Å². The highest BCUT2D eigenvalue weighted by molar-refractivity contribution is 6.22. The number of hydrogen-bond acceptors (Lipinski definition) is 4. The van der Waals surface area contributed by atoms with Crippen LogP contribution in [-0.4, -0.2) is 65.1 Å². The summed E-state index contributed by atoms with van der Waals surface area (Å²) in [7, 11) is 0. The Morgan fingerprint density at radius 3 is 2.32 bits per heavy atom. The van der Waals surface area contributed by atoms with Gasteiger partial charge in [0, 0.05) is 26.2 Å². The Bertz CT molecular complexity index is 951. The molecule has 0 bridgehead atoms. The molecule has 6 heteroatoms. The van der Waals surface area contributed by atoms with Crippen molar-refractivity contribution in [2.45, 2.75) is 12.5 Å². The van der Waals surface area contributed by atoms with Crippen molar-refractivity contribution in [1.29, 1.82) is 0 Å². The van der Waals surface area contributed by atoms with Crippen LogP contribution in [0.25, 0.3) is 0 Å². The molecule has 1 saturated heterocycles. The molecule has 2 aromatic rings. The molecule has 0 spiro atoms. The highest BCUT2D eigenvalue weighted by Crippen LogP contribution is 2.32. The van der Waals surface area contributed by atoms with Crippen LogP contribution < -0.4 is 0 Å². The molecule has 2 aromatic carbocycles. The van der Waals surface area contributed by atoms with E-state index in [0.717, 1.165) is 24.4 Å². The molecule has 3 amide bonds. The lowest BCUT2D eigenvalue weighted by atomic mass is 9.91. The number of carbonyl (C=O) groups excluding carboxylic acids is 3. The summed E-state index contributed by atoms with van der Waals surface area (Å²) in [4.78, 5) is 43.3. The first-order valence-corrected chi connectivity index (χ1v) is 9.68. The van der Waals surface area contributed by atoms with E-state index >= 15 is 0 Å². The van der Waals surface area contributed by atoms with Crippen molar-refractivity contribution in [1.82, 2.24) is 14.7 Å². The largest absolute Gasteiger partial charge is 0.338 e. The highest BCUT2D eigenvalue weighted by atomic mass is 16.2. The fourth-order valence-corrected chi connectivity index (χ4v) is 4.58. The molecule has 3 aliphatic rings. The smallest absolute Gasteiger partial charge is 0.262 e. The van der Waals surface area contributed by atoms with E-state index in [4.69, 9.17) is 0 Å². The Balaban J connectivity index is 1.33. The van der Waals surface area contributed by atoms with E-state index in [0.29, 0.717) is 24.2 Å². The van der Waals surface area contributed by atoms with Gasteiger partial charge in [0.1, 0.15) is 6.54 Å². The van der Waals surface area contributed by atoms with Crippen LogP contribution in [0, 0.1) is 0 Å². The van der Waals surface area contributed by atoms with E-state index in [-0.39, 0.29) is 30.3 Å². The van der Waals surface area contributed by atoms with Crippen molar-refractivity contribution in [3.05, 3.63) is 70.8 Å².